The second-order valence-electron chi connectivity index (χ2n) is 6.54. The Morgan fingerprint density at radius 1 is 1.03 bits per heavy atom. The first-order chi connectivity index (χ1) is 14.5. The van der Waals surface area contributed by atoms with Crippen LogP contribution in [0.5, 0.6) is 17.2 Å². The van der Waals surface area contributed by atoms with Crippen LogP contribution in [0.2, 0.25) is 5.02 Å². The molecule has 2 aromatic heterocycles. The lowest BCUT2D eigenvalue weighted by molar-refractivity contribution is 0.371. The molecule has 0 aliphatic heterocycles. The molecule has 4 rings (SSSR count). The van der Waals surface area contributed by atoms with Crippen molar-refractivity contribution >= 4 is 50.9 Å². The normalized spacial score (nSPS) is 12.0. The molecule has 8 heteroatoms. The molecule has 0 radical (unpaired) electrons. The number of aromatic nitrogens is 2. The number of pyridine rings is 2. The van der Waals surface area contributed by atoms with Gasteiger partial charge >= 0.3 is 0 Å². The maximum Gasteiger partial charge on any atom is 0.171 e. The third kappa shape index (κ3) is 3.82. The molecule has 0 saturated heterocycles. The molecule has 4 aromatic rings. The van der Waals surface area contributed by atoms with E-state index in [0.717, 1.165) is 5.56 Å². The average Bonchev–Trinajstić information content (AvgIpc) is 2.77. The zero-order valence-electron chi connectivity index (χ0n) is 15.8. The number of rotatable bonds is 5. The maximum absolute atomic E-state index is 11.1. The molecule has 152 valence electrons. The zero-order chi connectivity index (χ0) is 21.3. The lowest BCUT2D eigenvalue weighted by Gasteiger charge is -2.23. The Bertz CT molecular complexity index is 1220. The van der Waals surface area contributed by atoms with E-state index in [0.29, 0.717) is 36.6 Å². The molecule has 0 bridgehead atoms. The molecule has 2 aromatic carbocycles. The van der Waals surface area contributed by atoms with Crippen molar-refractivity contribution in [2.75, 3.05) is 12.4 Å². The highest BCUT2D eigenvalue weighted by Gasteiger charge is 2.24. The number of ether oxygens (including phenoxy) is 1. The van der Waals surface area contributed by atoms with Gasteiger partial charge in [-0.3, -0.25) is 4.98 Å². The van der Waals surface area contributed by atoms with E-state index in [1.165, 1.54) is 7.11 Å². The van der Waals surface area contributed by atoms with Crippen molar-refractivity contribution in [3.8, 4) is 17.2 Å². The summed E-state index contributed by atoms with van der Waals surface area (Å²) in [4.78, 5) is 8.65. The Hall–Kier alpha value is -2.78. The first-order valence-corrected chi connectivity index (χ1v) is 10.4. The minimum Gasteiger partial charge on any atom is -0.505 e. The molecule has 0 saturated carbocycles. The fraction of sp³-hybridized carbons (Fsp3) is 0.0909. The largest absolute Gasteiger partial charge is 0.505 e. The fourth-order valence-electron chi connectivity index (χ4n) is 3.28. The SMILES string of the molecule is COc1cc([C@H](Nc2ccccn2)c2cc(Cl)c3cccnc3c2O)cc(I)c1O. The molecule has 6 nitrogen and oxygen atoms in total. The first-order valence-electron chi connectivity index (χ1n) is 8.99. The summed E-state index contributed by atoms with van der Waals surface area (Å²) in [6.45, 7) is 0. The van der Waals surface area contributed by atoms with Crippen molar-refractivity contribution in [3.05, 3.63) is 80.6 Å². The summed E-state index contributed by atoms with van der Waals surface area (Å²) in [7, 11) is 1.49. The standard InChI is InChI=1S/C22H17ClIN3O3/c1-30-17-10-12(9-16(24)22(17)29)19(27-18-6-2-3-7-25-18)14-11-15(23)13-5-4-8-26-20(13)21(14)28/h2-11,19,28-29H,1H3,(H,25,27)/t19-/m0/s1. The van der Waals surface area contributed by atoms with Gasteiger partial charge in [0.05, 0.1) is 21.7 Å². The van der Waals surface area contributed by atoms with Gasteiger partial charge in [-0.05, 0) is 70.6 Å². The number of aromatic hydroxyl groups is 2. The summed E-state index contributed by atoms with van der Waals surface area (Å²) >= 11 is 8.56. The molecular weight excluding hydrogens is 517 g/mol. The smallest absolute Gasteiger partial charge is 0.171 e. The van der Waals surface area contributed by atoms with E-state index < -0.39 is 6.04 Å². The molecule has 0 fully saturated rings. The molecule has 0 aliphatic carbocycles. The molecule has 1 atom stereocenters. The van der Waals surface area contributed by atoms with Gasteiger partial charge in [-0.15, -0.1) is 0 Å². The van der Waals surface area contributed by atoms with Crippen molar-refractivity contribution in [1.29, 1.82) is 0 Å². The molecule has 0 aliphatic rings. The fourth-order valence-corrected chi connectivity index (χ4v) is 4.17. The van der Waals surface area contributed by atoms with Gasteiger partial charge in [-0.1, -0.05) is 17.7 Å². The summed E-state index contributed by atoms with van der Waals surface area (Å²) in [6.07, 6.45) is 3.28. The number of halogens is 2. The van der Waals surface area contributed by atoms with Crippen LogP contribution in [-0.4, -0.2) is 27.3 Å². The van der Waals surface area contributed by atoms with Crippen LogP contribution in [0.4, 0.5) is 5.82 Å². The quantitative estimate of drug-likeness (QED) is 0.293. The lowest BCUT2D eigenvalue weighted by Crippen LogP contribution is -2.14. The number of hydrogen-bond acceptors (Lipinski definition) is 6. The van der Waals surface area contributed by atoms with Crippen LogP contribution in [0.3, 0.4) is 0 Å². The van der Waals surface area contributed by atoms with Crippen molar-refractivity contribution < 1.29 is 14.9 Å². The highest BCUT2D eigenvalue weighted by molar-refractivity contribution is 14.1. The highest BCUT2D eigenvalue weighted by atomic mass is 127. The highest BCUT2D eigenvalue weighted by Crippen LogP contribution is 2.42. The Kier molecular flexibility index (Phi) is 5.83. The molecule has 0 spiro atoms. The summed E-state index contributed by atoms with van der Waals surface area (Å²) in [5, 5.41) is 25.8. The van der Waals surface area contributed by atoms with Gasteiger partial charge in [0.1, 0.15) is 17.1 Å². The molecular formula is C22H17ClIN3O3. The van der Waals surface area contributed by atoms with E-state index in [2.05, 4.69) is 15.3 Å². The minimum atomic E-state index is -0.535. The number of anilines is 1. The van der Waals surface area contributed by atoms with Gasteiger partial charge in [0, 0.05) is 23.3 Å². The second-order valence-corrected chi connectivity index (χ2v) is 8.11. The Morgan fingerprint density at radius 3 is 2.57 bits per heavy atom. The lowest BCUT2D eigenvalue weighted by atomic mass is 9.95. The number of nitrogens with one attached hydrogen (secondary N) is 1. The van der Waals surface area contributed by atoms with E-state index in [1.807, 2.05) is 52.9 Å². The number of nitrogens with zero attached hydrogens (tertiary/aromatic N) is 2. The molecule has 2 heterocycles. The Labute approximate surface area is 191 Å². The average molecular weight is 534 g/mol. The van der Waals surface area contributed by atoms with Crippen LogP contribution >= 0.6 is 34.2 Å². The van der Waals surface area contributed by atoms with Crippen LogP contribution in [0, 0.1) is 3.57 Å². The van der Waals surface area contributed by atoms with Crippen molar-refractivity contribution in [2.24, 2.45) is 0 Å². The van der Waals surface area contributed by atoms with Crippen molar-refractivity contribution in [2.45, 2.75) is 6.04 Å². The Morgan fingerprint density at radius 2 is 1.83 bits per heavy atom. The number of benzene rings is 2. The van der Waals surface area contributed by atoms with Crippen LogP contribution < -0.4 is 10.1 Å². The third-order valence-electron chi connectivity index (χ3n) is 4.72. The summed E-state index contributed by atoms with van der Waals surface area (Å²) < 4.78 is 5.94. The predicted molar refractivity (Wildman–Crippen MR) is 125 cm³/mol. The van der Waals surface area contributed by atoms with E-state index in [9.17, 15) is 10.2 Å². The molecule has 30 heavy (non-hydrogen) atoms. The molecule has 0 amide bonds. The van der Waals surface area contributed by atoms with Gasteiger partial charge in [0.15, 0.2) is 11.5 Å². The van der Waals surface area contributed by atoms with E-state index in [4.69, 9.17) is 16.3 Å². The number of methoxy groups -OCH3 is 1. The first kappa shape index (κ1) is 20.5. The monoisotopic (exact) mass is 533 g/mol. The molecule has 0 unspecified atom stereocenters. The van der Waals surface area contributed by atoms with Crippen molar-refractivity contribution in [1.82, 2.24) is 9.97 Å². The van der Waals surface area contributed by atoms with Gasteiger partial charge < -0.3 is 20.3 Å². The number of hydrogen-bond donors (Lipinski definition) is 3. The summed E-state index contributed by atoms with van der Waals surface area (Å²) in [5.74, 6) is 1.02. The third-order valence-corrected chi connectivity index (χ3v) is 5.85. The maximum atomic E-state index is 11.1. The van der Waals surface area contributed by atoms with Gasteiger partial charge in [-0.2, -0.15) is 0 Å². The second kappa shape index (κ2) is 8.53. The van der Waals surface area contributed by atoms with Crippen LogP contribution in [0.15, 0.2) is 60.9 Å². The van der Waals surface area contributed by atoms with Crippen LogP contribution in [0.25, 0.3) is 10.9 Å². The minimum absolute atomic E-state index is 0.0190. The van der Waals surface area contributed by atoms with Crippen molar-refractivity contribution in [3.63, 3.8) is 0 Å². The van der Waals surface area contributed by atoms with Gasteiger partial charge in [-0.25, -0.2) is 4.98 Å². The van der Waals surface area contributed by atoms with E-state index in [1.54, 1.807) is 30.6 Å². The Balaban J connectivity index is 1.94. The van der Waals surface area contributed by atoms with E-state index in [-0.39, 0.29) is 11.5 Å². The number of fused-ring (bicyclic) bond motifs is 1. The van der Waals surface area contributed by atoms with Crippen LogP contribution in [0.1, 0.15) is 17.2 Å². The topological polar surface area (TPSA) is 87.5 Å². The van der Waals surface area contributed by atoms with Crippen LogP contribution in [-0.2, 0) is 0 Å². The number of phenols is 2. The van der Waals surface area contributed by atoms with E-state index >= 15 is 0 Å². The summed E-state index contributed by atoms with van der Waals surface area (Å²) in [6, 6.07) is 13.8. The van der Waals surface area contributed by atoms with Gasteiger partial charge in [0.25, 0.3) is 0 Å². The number of phenolic OH excluding ortho intramolecular Hbond substituents is 2. The molecule has 3 N–H and O–H groups in total. The predicted octanol–water partition coefficient (Wildman–Crippen LogP) is 5.51. The zero-order valence-corrected chi connectivity index (χ0v) is 18.7. The summed E-state index contributed by atoms with van der Waals surface area (Å²) in [5.41, 5.74) is 1.69. The van der Waals surface area contributed by atoms with Gasteiger partial charge in [0.2, 0.25) is 0 Å².